The van der Waals surface area contributed by atoms with Gasteiger partial charge in [-0.05, 0) is 31.5 Å². The van der Waals surface area contributed by atoms with Gasteiger partial charge in [0.25, 0.3) is 0 Å². The minimum atomic E-state index is -0.350. The first-order valence-corrected chi connectivity index (χ1v) is 6.01. The number of carbonyl (C=O) groups excluding carboxylic acids is 1. The number of Topliss-reactive ketones (excluding diaryl/α,β-unsaturated/α-hetero) is 1. The number of halogens is 1. The van der Waals surface area contributed by atoms with Gasteiger partial charge >= 0.3 is 0 Å². The summed E-state index contributed by atoms with van der Waals surface area (Å²) in [5, 5.41) is 4.56. The lowest BCUT2D eigenvalue weighted by Crippen LogP contribution is -2.04. The number of rotatable bonds is 4. The van der Waals surface area contributed by atoms with E-state index in [9.17, 15) is 4.79 Å². The van der Waals surface area contributed by atoms with E-state index in [-0.39, 0.29) is 11.7 Å². The van der Waals surface area contributed by atoms with Crippen LogP contribution in [-0.4, -0.2) is 15.9 Å². The van der Waals surface area contributed by atoms with Gasteiger partial charge in [0.1, 0.15) is 5.78 Å². The van der Waals surface area contributed by atoms with Crippen molar-refractivity contribution in [3.05, 3.63) is 46.6 Å². The third-order valence-corrected chi connectivity index (χ3v) is 2.99. The van der Waals surface area contributed by atoms with E-state index in [1.165, 1.54) is 6.92 Å². The molecule has 0 spiro atoms. The third kappa shape index (κ3) is 2.96. The molecule has 0 saturated heterocycles. The molecule has 2 aromatic rings. The summed E-state index contributed by atoms with van der Waals surface area (Å²) in [6, 6.07) is 7.45. The highest BCUT2D eigenvalue weighted by Gasteiger charge is 2.18. The van der Waals surface area contributed by atoms with Crippen LogP contribution in [0.4, 0.5) is 0 Å². The summed E-state index contributed by atoms with van der Waals surface area (Å²) in [6.45, 7) is 3.26. The predicted octanol–water partition coefficient (Wildman–Crippen LogP) is 3.01. The van der Waals surface area contributed by atoms with Crippen molar-refractivity contribution in [2.45, 2.75) is 26.2 Å². The van der Waals surface area contributed by atoms with Gasteiger partial charge in [0.15, 0.2) is 5.82 Å². The maximum absolute atomic E-state index is 11.2. The molecule has 0 saturated carbocycles. The standard InChI is InChI=1S/C13H13ClN2O2/c1-8(9(2)17)13-15-12(16-18-13)7-10-3-5-11(14)6-4-10/h3-6,8H,7H2,1-2H3. The highest BCUT2D eigenvalue weighted by Crippen LogP contribution is 2.16. The second-order valence-corrected chi connectivity index (χ2v) is 4.62. The first-order valence-electron chi connectivity index (χ1n) is 5.63. The highest BCUT2D eigenvalue weighted by molar-refractivity contribution is 6.30. The molecule has 0 radical (unpaired) electrons. The van der Waals surface area contributed by atoms with E-state index < -0.39 is 0 Å². The highest BCUT2D eigenvalue weighted by atomic mass is 35.5. The fourth-order valence-electron chi connectivity index (χ4n) is 1.47. The summed E-state index contributed by atoms with van der Waals surface area (Å²) in [4.78, 5) is 15.4. The second-order valence-electron chi connectivity index (χ2n) is 4.18. The smallest absolute Gasteiger partial charge is 0.236 e. The van der Waals surface area contributed by atoms with Crippen LogP contribution in [0.1, 0.15) is 37.0 Å². The van der Waals surface area contributed by atoms with Crippen LogP contribution in [0.5, 0.6) is 0 Å². The average molecular weight is 265 g/mol. The van der Waals surface area contributed by atoms with Gasteiger partial charge in [-0.25, -0.2) is 0 Å². The number of carbonyl (C=O) groups is 1. The van der Waals surface area contributed by atoms with Crippen LogP contribution in [-0.2, 0) is 11.2 Å². The molecule has 0 aliphatic heterocycles. The molecule has 0 bridgehead atoms. The van der Waals surface area contributed by atoms with Gasteiger partial charge in [0.2, 0.25) is 5.89 Å². The summed E-state index contributed by atoms with van der Waals surface area (Å²) >= 11 is 5.81. The predicted molar refractivity (Wildman–Crippen MR) is 67.7 cm³/mol. The molecule has 1 unspecified atom stereocenters. The molecule has 1 heterocycles. The maximum atomic E-state index is 11.2. The first-order chi connectivity index (χ1) is 8.56. The zero-order valence-electron chi connectivity index (χ0n) is 10.2. The van der Waals surface area contributed by atoms with Crippen LogP contribution in [0, 0.1) is 0 Å². The molecule has 1 atom stereocenters. The number of hydrogen-bond acceptors (Lipinski definition) is 4. The lowest BCUT2D eigenvalue weighted by atomic mass is 10.1. The molecule has 18 heavy (non-hydrogen) atoms. The maximum Gasteiger partial charge on any atom is 0.236 e. The third-order valence-electron chi connectivity index (χ3n) is 2.74. The molecule has 5 heteroatoms. The Kier molecular flexibility index (Phi) is 3.77. The van der Waals surface area contributed by atoms with Crippen LogP contribution in [0.3, 0.4) is 0 Å². The van der Waals surface area contributed by atoms with Crippen molar-refractivity contribution in [3.63, 3.8) is 0 Å². The van der Waals surface area contributed by atoms with Gasteiger partial charge in [0.05, 0.1) is 5.92 Å². The number of benzene rings is 1. The first kappa shape index (κ1) is 12.8. The molecule has 2 rings (SSSR count). The zero-order valence-corrected chi connectivity index (χ0v) is 10.9. The molecule has 0 aliphatic rings. The van der Waals surface area contributed by atoms with E-state index in [1.807, 2.05) is 24.3 Å². The summed E-state index contributed by atoms with van der Waals surface area (Å²) in [5.41, 5.74) is 1.04. The van der Waals surface area contributed by atoms with E-state index in [0.717, 1.165) is 5.56 Å². The normalized spacial score (nSPS) is 12.4. The van der Waals surface area contributed by atoms with Gasteiger partial charge in [-0.15, -0.1) is 0 Å². The lowest BCUT2D eigenvalue weighted by molar-refractivity contribution is -0.118. The minimum Gasteiger partial charge on any atom is -0.339 e. The van der Waals surface area contributed by atoms with Gasteiger partial charge in [0, 0.05) is 11.4 Å². The molecule has 4 nitrogen and oxygen atoms in total. The zero-order chi connectivity index (χ0) is 13.1. The lowest BCUT2D eigenvalue weighted by Gasteiger charge is -1.98. The summed E-state index contributed by atoms with van der Waals surface area (Å²) < 4.78 is 5.08. The van der Waals surface area contributed by atoms with Gasteiger partial charge in [-0.2, -0.15) is 4.98 Å². The van der Waals surface area contributed by atoms with E-state index in [4.69, 9.17) is 16.1 Å². The van der Waals surface area contributed by atoms with Gasteiger partial charge < -0.3 is 4.52 Å². The van der Waals surface area contributed by atoms with Crippen molar-refractivity contribution in [2.75, 3.05) is 0 Å². The largest absolute Gasteiger partial charge is 0.339 e. The van der Waals surface area contributed by atoms with Crippen LogP contribution in [0.2, 0.25) is 5.02 Å². The Hall–Kier alpha value is -1.68. The van der Waals surface area contributed by atoms with Crippen LogP contribution < -0.4 is 0 Å². The Labute approximate surface area is 110 Å². The van der Waals surface area contributed by atoms with Crippen molar-refractivity contribution in [1.82, 2.24) is 10.1 Å². The van der Waals surface area contributed by atoms with Crippen molar-refractivity contribution in [2.24, 2.45) is 0 Å². The van der Waals surface area contributed by atoms with E-state index in [2.05, 4.69) is 10.1 Å². The molecule has 0 fully saturated rings. The van der Waals surface area contributed by atoms with Crippen LogP contribution >= 0.6 is 11.6 Å². The number of hydrogen-bond donors (Lipinski definition) is 0. The summed E-state index contributed by atoms with van der Waals surface area (Å²) in [6.07, 6.45) is 0.561. The second kappa shape index (κ2) is 5.31. The molecule has 1 aromatic heterocycles. The Balaban J connectivity index is 2.11. The number of nitrogens with zero attached hydrogens (tertiary/aromatic N) is 2. The van der Waals surface area contributed by atoms with Crippen molar-refractivity contribution in [3.8, 4) is 0 Å². The van der Waals surface area contributed by atoms with Gasteiger partial charge in [-0.3, -0.25) is 4.79 Å². The molecule has 0 amide bonds. The van der Waals surface area contributed by atoms with E-state index in [1.54, 1.807) is 6.92 Å². The van der Waals surface area contributed by atoms with Crippen LogP contribution in [0.25, 0.3) is 0 Å². The average Bonchev–Trinajstić information content (AvgIpc) is 2.79. The fraction of sp³-hybridized carbons (Fsp3) is 0.308. The summed E-state index contributed by atoms with van der Waals surface area (Å²) in [7, 11) is 0. The van der Waals surface area contributed by atoms with Crippen LogP contribution in [0.15, 0.2) is 28.8 Å². The fourth-order valence-corrected chi connectivity index (χ4v) is 1.60. The van der Waals surface area contributed by atoms with Gasteiger partial charge in [-0.1, -0.05) is 28.9 Å². The Morgan fingerprint density at radius 1 is 1.39 bits per heavy atom. The minimum absolute atomic E-state index is 0.0108. The molecular weight excluding hydrogens is 252 g/mol. The quantitative estimate of drug-likeness (QED) is 0.852. The number of aromatic nitrogens is 2. The van der Waals surface area contributed by atoms with Crippen molar-refractivity contribution < 1.29 is 9.32 Å². The Morgan fingerprint density at radius 3 is 2.67 bits per heavy atom. The van der Waals surface area contributed by atoms with E-state index in [0.29, 0.717) is 23.2 Å². The molecule has 94 valence electrons. The topological polar surface area (TPSA) is 56.0 Å². The summed E-state index contributed by atoms with van der Waals surface area (Å²) in [5.74, 6) is 0.597. The molecule has 0 aliphatic carbocycles. The monoisotopic (exact) mass is 264 g/mol. The molecular formula is C13H13ClN2O2. The molecule has 0 N–H and O–H groups in total. The van der Waals surface area contributed by atoms with Crippen molar-refractivity contribution in [1.29, 1.82) is 0 Å². The number of ketones is 1. The SMILES string of the molecule is CC(=O)C(C)c1nc(Cc2ccc(Cl)cc2)no1. The van der Waals surface area contributed by atoms with E-state index >= 15 is 0 Å². The van der Waals surface area contributed by atoms with Crippen molar-refractivity contribution >= 4 is 17.4 Å². The molecule has 1 aromatic carbocycles. The Morgan fingerprint density at radius 2 is 2.06 bits per heavy atom. The Bertz CT molecular complexity index is 548.